The summed E-state index contributed by atoms with van der Waals surface area (Å²) in [4.78, 5) is 22.5. The van der Waals surface area contributed by atoms with E-state index in [0.29, 0.717) is 6.54 Å². The number of carboxylic acids is 1. The Bertz CT molecular complexity index is 579. The highest BCUT2D eigenvalue weighted by molar-refractivity contribution is 5.70. The maximum atomic E-state index is 11.3. The van der Waals surface area contributed by atoms with Gasteiger partial charge in [-0.15, -0.1) is 0 Å². The molecule has 22 heavy (non-hydrogen) atoms. The van der Waals surface area contributed by atoms with E-state index in [9.17, 15) is 9.90 Å². The van der Waals surface area contributed by atoms with Crippen LogP contribution in [0.2, 0.25) is 0 Å². The molecule has 1 unspecified atom stereocenters. The highest BCUT2D eigenvalue weighted by Gasteiger charge is 2.32. The molecular formula is C17H19N3O2. The van der Waals surface area contributed by atoms with Crippen molar-refractivity contribution in [3.05, 3.63) is 60.2 Å². The molecule has 3 heterocycles. The lowest BCUT2D eigenvalue weighted by atomic mass is 9.95. The van der Waals surface area contributed by atoms with E-state index in [0.717, 1.165) is 30.8 Å². The first-order valence-corrected chi connectivity index (χ1v) is 7.54. The minimum atomic E-state index is -0.717. The number of nitrogens with zero attached hydrogens (tertiary/aromatic N) is 3. The Morgan fingerprint density at radius 3 is 2.27 bits per heavy atom. The number of likely N-dealkylation sites (tertiary alicyclic amines) is 1. The van der Waals surface area contributed by atoms with Gasteiger partial charge in [-0.3, -0.25) is 19.7 Å². The molecule has 114 valence electrons. The van der Waals surface area contributed by atoms with E-state index in [1.807, 2.05) is 36.4 Å². The fourth-order valence-corrected chi connectivity index (χ4v) is 3.04. The maximum Gasteiger partial charge on any atom is 0.307 e. The first kappa shape index (κ1) is 14.7. The van der Waals surface area contributed by atoms with Crippen LogP contribution < -0.4 is 0 Å². The Morgan fingerprint density at radius 1 is 1.14 bits per heavy atom. The van der Waals surface area contributed by atoms with Crippen LogP contribution in [-0.4, -0.2) is 39.0 Å². The molecule has 0 aromatic carbocycles. The summed E-state index contributed by atoms with van der Waals surface area (Å²) in [5.74, 6) is -1.03. The SMILES string of the molecule is O=C(O)C1CCCN(C(c2ccccn2)c2ccccn2)C1. The van der Waals surface area contributed by atoms with Crippen molar-refractivity contribution in [3.63, 3.8) is 0 Å². The van der Waals surface area contributed by atoms with E-state index in [1.165, 1.54) is 0 Å². The molecule has 3 rings (SSSR count). The molecule has 1 aliphatic heterocycles. The third-order valence-corrected chi connectivity index (χ3v) is 4.10. The molecule has 1 saturated heterocycles. The monoisotopic (exact) mass is 297 g/mol. The van der Waals surface area contributed by atoms with Crippen molar-refractivity contribution in [1.82, 2.24) is 14.9 Å². The molecule has 0 saturated carbocycles. The van der Waals surface area contributed by atoms with Gasteiger partial charge in [-0.2, -0.15) is 0 Å². The minimum absolute atomic E-state index is 0.0930. The first-order valence-electron chi connectivity index (χ1n) is 7.54. The second-order valence-corrected chi connectivity index (χ2v) is 5.58. The average Bonchev–Trinajstić information content (AvgIpc) is 2.57. The van der Waals surface area contributed by atoms with Crippen molar-refractivity contribution in [2.75, 3.05) is 13.1 Å². The van der Waals surface area contributed by atoms with Crippen LogP contribution >= 0.6 is 0 Å². The van der Waals surface area contributed by atoms with Gasteiger partial charge in [0.2, 0.25) is 0 Å². The van der Waals surface area contributed by atoms with Crippen LogP contribution in [0.4, 0.5) is 0 Å². The lowest BCUT2D eigenvalue weighted by Crippen LogP contribution is -2.41. The summed E-state index contributed by atoms with van der Waals surface area (Å²) in [6, 6.07) is 11.5. The third-order valence-electron chi connectivity index (χ3n) is 4.10. The van der Waals surface area contributed by atoms with Crippen LogP contribution in [0.5, 0.6) is 0 Å². The molecule has 0 bridgehead atoms. The van der Waals surface area contributed by atoms with Crippen molar-refractivity contribution in [2.45, 2.75) is 18.9 Å². The van der Waals surface area contributed by atoms with Crippen LogP contribution in [0.15, 0.2) is 48.8 Å². The normalized spacial score (nSPS) is 19.2. The number of aromatic nitrogens is 2. The van der Waals surface area contributed by atoms with Gasteiger partial charge in [0.1, 0.15) is 0 Å². The maximum absolute atomic E-state index is 11.3. The molecule has 1 aliphatic rings. The van der Waals surface area contributed by atoms with Crippen molar-refractivity contribution < 1.29 is 9.90 Å². The zero-order valence-electron chi connectivity index (χ0n) is 12.3. The van der Waals surface area contributed by atoms with E-state index in [2.05, 4.69) is 14.9 Å². The van der Waals surface area contributed by atoms with Crippen LogP contribution in [0, 0.1) is 5.92 Å². The van der Waals surface area contributed by atoms with E-state index in [4.69, 9.17) is 0 Å². The summed E-state index contributed by atoms with van der Waals surface area (Å²) in [6.07, 6.45) is 5.16. The summed E-state index contributed by atoms with van der Waals surface area (Å²) < 4.78 is 0. The molecule has 0 radical (unpaired) electrons. The number of aliphatic carboxylic acids is 1. The Labute approximate surface area is 129 Å². The Morgan fingerprint density at radius 2 is 1.77 bits per heavy atom. The molecule has 2 aromatic rings. The van der Waals surface area contributed by atoms with Gasteiger partial charge in [0.25, 0.3) is 0 Å². The van der Waals surface area contributed by atoms with Gasteiger partial charge < -0.3 is 5.11 Å². The zero-order chi connectivity index (χ0) is 15.4. The summed E-state index contributed by atoms with van der Waals surface area (Å²) in [5.41, 5.74) is 1.82. The lowest BCUT2D eigenvalue weighted by Gasteiger charge is -2.36. The van der Waals surface area contributed by atoms with Crippen molar-refractivity contribution in [1.29, 1.82) is 0 Å². The number of carbonyl (C=O) groups is 1. The first-order chi connectivity index (χ1) is 10.8. The summed E-state index contributed by atoms with van der Waals surface area (Å²) in [7, 11) is 0. The zero-order valence-corrected chi connectivity index (χ0v) is 12.3. The topological polar surface area (TPSA) is 66.3 Å². The van der Waals surface area contributed by atoms with Gasteiger partial charge in [-0.25, -0.2) is 0 Å². The predicted octanol–water partition coefficient (Wildman–Crippen LogP) is 2.36. The fraction of sp³-hybridized carbons (Fsp3) is 0.353. The number of carboxylic acid groups (broad SMARTS) is 1. The van der Waals surface area contributed by atoms with Gasteiger partial charge in [-0.1, -0.05) is 12.1 Å². The van der Waals surface area contributed by atoms with Crippen LogP contribution in [-0.2, 0) is 4.79 Å². The van der Waals surface area contributed by atoms with Gasteiger partial charge in [0.05, 0.1) is 23.3 Å². The number of piperidine rings is 1. The van der Waals surface area contributed by atoms with Crippen LogP contribution in [0.3, 0.4) is 0 Å². The number of hydrogen-bond acceptors (Lipinski definition) is 4. The van der Waals surface area contributed by atoms with Gasteiger partial charge >= 0.3 is 5.97 Å². The third kappa shape index (κ3) is 3.14. The Hall–Kier alpha value is -2.27. The van der Waals surface area contributed by atoms with E-state index in [1.54, 1.807) is 12.4 Å². The Balaban J connectivity index is 1.94. The number of pyridine rings is 2. The van der Waals surface area contributed by atoms with Crippen molar-refractivity contribution in [2.24, 2.45) is 5.92 Å². The van der Waals surface area contributed by atoms with Crippen LogP contribution in [0.1, 0.15) is 30.3 Å². The standard InChI is InChI=1S/C17H19N3O2/c21-17(22)13-6-5-11-20(12-13)16(14-7-1-3-9-18-14)15-8-2-4-10-19-15/h1-4,7-10,13,16H,5-6,11-12H2,(H,21,22). The minimum Gasteiger partial charge on any atom is -0.481 e. The second-order valence-electron chi connectivity index (χ2n) is 5.58. The van der Waals surface area contributed by atoms with E-state index < -0.39 is 5.97 Å². The lowest BCUT2D eigenvalue weighted by molar-refractivity contribution is -0.143. The van der Waals surface area contributed by atoms with Crippen LogP contribution in [0.25, 0.3) is 0 Å². The molecule has 1 N–H and O–H groups in total. The molecule has 2 aromatic heterocycles. The predicted molar refractivity (Wildman–Crippen MR) is 82.2 cm³/mol. The largest absolute Gasteiger partial charge is 0.481 e. The van der Waals surface area contributed by atoms with Gasteiger partial charge in [0.15, 0.2) is 0 Å². The number of rotatable bonds is 4. The fourth-order valence-electron chi connectivity index (χ4n) is 3.04. The highest BCUT2D eigenvalue weighted by Crippen LogP contribution is 2.30. The average molecular weight is 297 g/mol. The van der Waals surface area contributed by atoms with Crippen molar-refractivity contribution >= 4 is 5.97 Å². The van der Waals surface area contributed by atoms with E-state index >= 15 is 0 Å². The second kappa shape index (κ2) is 6.66. The van der Waals surface area contributed by atoms with Gasteiger partial charge in [0, 0.05) is 18.9 Å². The number of hydrogen-bond donors (Lipinski definition) is 1. The quantitative estimate of drug-likeness (QED) is 0.938. The van der Waals surface area contributed by atoms with E-state index in [-0.39, 0.29) is 12.0 Å². The highest BCUT2D eigenvalue weighted by atomic mass is 16.4. The van der Waals surface area contributed by atoms with Gasteiger partial charge in [-0.05, 0) is 43.7 Å². The molecule has 1 atom stereocenters. The summed E-state index contributed by atoms with van der Waals surface area (Å²) in [6.45, 7) is 1.40. The summed E-state index contributed by atoms with van der Waals surface area (Å²) >= 11 is 0. The van der Waals surface area contributed by atoms with Crippen molar-refractivity contribution in [3.8, 4) is 0 Å². The Kier molecular flexibility index (Phi) is 4.44. The molecule has 0 spiro atoms. The molecule has 5 nitrogen and oxygen atoms in total. The smallest absolute Gasteiger partial charge is 0.307 e. The molecule has 5 heteroatoms. The summed E-state index contributed by atoms with van der Waals surface area (Å²) in [5, 5.41) is 9.32. The molecule has 1 fully saturated rings. The molecule has 0 amide bonds. The molecular weight excluding hydrogens is 278 g/mol. The molecule has 0 aliphatic carbocycles.